The molecule has 1 aliphatic carbocycles. The molecule has 7 heteroatoms. The van der Waals surface area contributed by atoms with Gasteiger partial charge in [0, 0.05) is 11.1 Å². The van der Waals surface area contributed by atoms with E-state index in [0.717, 1.165) is 11.5 Å². The second-order valence-electron chi connectivity index (χ2n) is 3.86. The van der Waals surface area contributed by atoms with E-state index in [1.165, 1.54) is 11.8 Å². The number of hydrogen-bond acceptors (Lipinski definition) is 4. The van der Waals surface area contributed by atoms with Crippen molar-refractivity contribution in [3.63, 3.8) is 0 Å². The Kier molecular flexibility index (Phi) is 3.81. The van der Waals surface area contributed by atoms with Crippen LogP contribution in [0.15, 0.2) is 21.2 Å². The molecule has 95 valence electrons. The number of nitrogens with zero attached hydrogens (tertiary/aromatic N) is 3. The van der Waals surface area contributed by atoms with E-state index in [-0.39, 0.29) is 5.57 Å². The van der Waals surface area contributed by atoms with E-state index in [0.29, 0.717) is 30.0 Å². The van der Waals surface area contributed by atoms with Gasteiger partial charge in [0.2, 0.25) is 5.17 Å². The van der Waals surface area contributed by atoms with Crippen LogP contribution >= 0.6 is 11.8 Å². The summed E-state index contributed by atoms with van der Waals surface area (Å²) < 4.78 is 0. The number of thioether (sulfide) groups is 1. The number of rotatable bonds is 3. The van der Waals surface area contributed by atoms with Gasteiger partial charge in [-0.2, -0.15) is 4.99 Å². The molecule has 18 heavy (non-hydrogen) atoms. The Balaban J connectivity index is 2.12. The van der Waals surface area contributed by atoms with Gasteiger partial charge in [-0.15, -0.1) is 10.5 Å². The first kappa shape index (κ1) is 12.8. The topological polar surface area (TPSA) is 93.2 Å². The van der Waals surface area contributed by atoms with E-state index in [1.807, 2.05) is 6.92 Å². The molecule has 2 rings (SSSR count). The molecule has 2 aliphatic rings. The molecule has 6 nitrogen and oxygen atoms in total. The Morgan fingerprint density at radius 1 is 1.39 bits per heavy atom. The van der Waals surface area contributed by atoms with Gasteiger partial charge in [0.25, 0.3) is 5.91 Å². The number of aliphatic imine (C=N–C) groups is 1. The molecule has 0 saturated heterocycles. The van der Waals surface area contributed by atoms with Crippen molar-refractivity contribution in [3.8, 4) is 0 Å². The summed E-state index contributed by atoms with van der Waals surface area (Å²) >= 11 is 1.25. The minimum Gasteiger partial charge on any atom is -0.478 e. The maximum Gasteiger partial charge on any atom is 0.332 e. The second-order valence-corrected chi connectivity index (χ2v) is 4.91. The predicted octanol–water partition coefficient (Wildman–Crippen LogP) is 1.51. The number of carbonyl (C=O) groups excluding carboxylic acids is 1. The summed E-state index contributed by atoms with van der Waals surface area (Å²) in [6.45, 7) is 1.94. The van der Waals surface area contributed by atoms with Gasteiger partial charge in [0.05, 0.1) is 0 Å². The standard InChI is InChI=1S/C11H12N3O3S/c1-2-8-13-14-11(18-8)12-9(15)6-4-3-5-7(6)10(16)17/h2-5H2,1H3,(H,16,17). The van der Waals surface area contributed by atoms with E-state index in [2.05, 4.69) is 15.5 Å². The Bertz CT molecular complexity index is 494. The Morgan fingerprint density at radius 3 is 2.72 bits per heavy atom. The zero-order chi connectivity index (χ0) is 13.1. The predicted molar refractivity (Wildman–Crippen MR) is 68.4 cm³/mol. The van der Waals surface area contributed by atoms with Gasteiger partial charge in [-0.1, -0.05) is 6.92 Å². The minimum atomic E-state index is -1.03. The third-order valence-electron chi connectivity index (χ3n) is 2.69. The monoisotopic (exact) mass is 266 g/mol. The Hall–Kier alpha value is -1.63. The average Bonchev–Trinajstić information content (AvgIpc) is 2.96. The summed E-state index contributed by atoms with van der Waals surface area (Å²) in [6.07, 6.45) is 2.34. The summed E-state index contributed by atoms with van der Waals surface area (Å²) in [4.78, 5) is 26.6. The minimum absolute atomic E-state index is 0.184. The fourth-order valence-electron chi connectivity index (χ4n) is 1.80. The SMILES string of the molecule is CCC1=N[N]C(=NC(=O)C2=C(C(=O)O)CCC2)S1. The van der Waals surface area contributed by atoms with E-state index in [9.17, 15) is 9.59 Å². The van der Waals surface area contributed by atoms with Crippen molar-refractivity contribution in [1.29, 1.82) is 0 Å². The first-order valence-electron chi connectivity index (χ1n) is 5.65. The number of hydrogen-bond donors (Lipinski definition) is 1. The third-order valence-corrected chi connectivity index (χ3v) is 3.65. The highest BCUT2D eigenvalue weighted by atomic mass is 32.2. The highest BCUT2D eigenvalue weighted by Crippen LogP contribution is 2.27. The van der Waals surface area contributed by atoms with Gasteiger partial charge in [0.15, 0.2) is 0 Å². The first-order valence-corrected chi connectivity index (χ1v) is 6.47. The van der Waals surface area contributed by atoms with Crippen molar-refractivity contribution in [2.45, 2.75) is 32.6 Å². The summed E-state index contributed by atoms with van der Waals surface area (Å²) in [5, 5.41) is 13.9. The lowest BCUT2D eigenvalue weighted by Crippen LogP contribution is -2.09. The molecule has 0 saturated carbocycles. The molecule has 0 unspecified atom stereocenters. The summed E-state index contributed by atoms with van der Waals surface area (Å²) in [6, 6.07) is 0. The molecule has 0 fully saturated rings. The van der Waals surface area contributed by atoms with E-state index in [1.54, 1.807) is 0 Å². The number of amidine groups is 1. The number of carboxylic acid groups (broad SMARTS) is 1. The maximum absolute atomic E-state index is 11.9. The largest absolute Gasteiger partial charge is 0.478 e. The lowest BCUT2D eigenvalue weighted by Gasteiger charge is -1.99. The number of amides is 1. The Morgan fingerprint density at radius 2 is 2.11 bits per heavy atom. The molecule has 1 amide bonds. The van der Waals surface area contributed by atoms with Crippen LogP contribution in [-0.4, -0.2) is 27.2 Å². The molecular weight excluding hydrogens is 254 g/mol. The van der Waals surface area contributed by atoms with Gasteiger partial charge < -0.3 is 5.11 Å². The molecule has 0 aromatic heterocycles. The van der Waals surface area contributed by atoms with E-state index < -0.39 is 11.9 Å². The van der Waals surface area contributed by atoms with Crippen LogP contribution < -0.4 is 5.43 Å². The van der Waals surface area contributed by atoms with Crippen LogP contribution in [0, 0.1) is 0 Å². The van der Waals surface area contributed by atoms with Crippen molar-refractivity contribution in [2.75, 3.05) is 0 Å². The van der Waals surface area contributed by atoms with Gasteiger partial charge in [-0.3, -0.25) is 4.79 Å². The molecule has 0 spiro atoms. The van der Waals surface area contributed by atoms with Crippen molar-refractivity contribution < 1.29 is 14.7 Å². The molecule has 1 radical (unpaired) electrons. The van der Waals surface area contributed by atoms with Crippen LogP contribution in [-0.2, 0) is 9.59 Å². The van der Waals surface area contributed by atoms with Crippen LogP contribution in [0.1, 0.15) is 32.6 Å². The van der Waals surface area contributed by atoms with E-state index in [4.69, 9.17) is 5.11 Å². The van der Waals surface area contributed by atoms with Crippen LogP contribution in [0.4, 0.5) is 0 Å². The van der Waals surface area contributed by atoms with Gasteiger partial charge >= 0.3 is 5.97 Å². The number of carboxylic acids is 1. The molecule has 0 aromatic carbocycles. The van der Waals surface area contributed by atoms with Crippen LogP contribution in [0.3, 0.4) is 0 Å². The Labute approximate surface area is 108 Å². The number of aliphatic carboxylic acids is 1. The smallest absolute Gasteiger partial charge is 0.332 e. The quantitative estimate of drug-likeness (QED) is 0.837. The summed E-state index contributed by atoms with van der Waals surface area (Å²) in [5.74, 6) is -1.53. The van der Waals surface area contributed by atoms with Crippen LogP contribution in [0.5, 0.6) is 0 Å². The van der Waals surface area contributed by atoms with Gasteiger partial charge in [-0.05, 0) is 37.4 Å². The molecular formula is C11H12N3O3S. The van der Waals surface area contributed by atoms with Crippen molar-refractivity contribution in [2.24, 2.45) is 10.1 Å². The zero-order valence-electron chi connectivity index (χ0n) is 9.84. The molecule has 0 aromatic rings. The van der Waals surface area contributed by atoms with E-state index >= 15 is 0 Å². The maximum atomic E-state index is 11.9. The van der Waals surface area contributed by atoms with Crippen molar-refractivity contribution >= 4 is 33.8 Å². The highest BCUT2D eigenvalue weighted by molar-refractivity contribution is 8.26. The number of carbonyl (C=O) groups is 2. The molecule has 1 N–H and O–H groups in total. The lowest BCUT2D eigenvalue weighted by atomic mass is 10.1. The molecule has 0 atom stereocenters. The lowest BCUT2D eigenvalue weighted by molar-refractivity contribution is -0.133. The molecule has 0 bridgehead atoms. The van der Waals surface area contributed by atoms with Crippen molar-refractivity contribution in [3.05, 3.63) is 11.1 Å². The van der Waals surface area contributed by atoms with Crippen LogP contribution in [0.25, 0.3) is 0 Å². The zero-order valence-corrected chi connectivity index (χ0v) is 10.7. The van der Waals surface area contributed by atoms with Gasteiger partial charge in [0.1, 0.15) is 5.04 Å². The average molecular weight is 266 g/mol. The normalized spacial score (nSPS) is 21.2. The fraction of sp³-hybridized carbons (Fsp3) is 0.455. The van der Waals surface area contributed by atoms with Crippen LogP contribution in [0.2, 0.25) is 0 Å². The highest BCUT2D eigenvalue weighted by Gasteiger charge is 2.26. The van der Waals surface area contributed by atoms with Crippen molar-refractivity contribution in [1.82, 2.24) is 5.43 Å². The fourth-order valence-corrected chi connectivity index (χ4v) is 2.45. The van der Waals surface area contributed by atoms with Gasteiger partial charge in [-0.25, -0.2) is 4.79 Å². The molecule has 1 aliphatic heterocycles. The molecule has 1 heterocycles. The summed E-state index contributed by atoms with van der Waals surface area (Å²) in [5.41, 5.74) is 4.27. The summed E-state index contributed by atoms with van der Waals surface area (Å²) in [7, 11) is 0. The second kappa shape index (κ2) is 5.34. The first-order chi connectivity index (χ1) is 8.61. The third kappa shape index (κ3) is 2.61.